The number of carbonyl (C=O) groups excluding carboxylic acids is 1. The molecule has 2 heterocycles. The topological polar surface area (TPSA) is 103 Å². The molecule has 0 unspecified atom stereocenters. The number of furan rings is 1. The van der Waals surface area contributed by atoms with Gasteiger partial charge in [-0.15, -0.1) is 0 Å². The van der Waals surface area contributed by atoms with E-state index in [0.717, 1.165) is 0 Å². The zero-order valence-electron chi connectivity index (χ0n) is 14.3. The summed E-state index contributed by atoms with van der Waals surface area (Å²) in [7, 11) is -3.60. The number of nitrogens with one attached hydrogen (secondary N) is 1. The maximum atomic E-state index is 12.7. The predicted octanol–water partition coefficient (Wildman–Crippen LogP) is 2.04. The van der Waals surface area contributed by atoms with Crippen molar-refractivity contribution >= 4 is 15.9 Å². The molecule has 1 aliphatic heterocycles. The van der Waals surface area contributed by atoms with Crippen molar-refractivity contribution < 1.29 is 17.6 Å². The van der Waals surface area contributed by atoms with Crippen molar-refractivity contribution in [2.75, 3.05) is 13.1 Å². The molecule has 1 aliphatic rings. The molecular weight excluding hydrogens is 354 g/mol. The molecule has 0 aliphatic carbocycles. The normalized spacial score (nSPS) is 16.2. The SMILES string of the molecule is Cc1ccc(C(=O)NC2CCN(S(=O)(=O)c3ccc(C#N)cc3)CC2)o1. The average Bonchev–Trinajstić information content (AvgIpc) is 3.09. The number of sulfonamides is 1. The summed E-state index contributed by atoms with van der Waals surface area (Å²) in [5, 5.41) is 11.7. The number of hydrogen-bond acceptors (Lipinski definition) is 5. The van der Waals surface area contributed by atoms with Crippen LogP contribution < -0.4 is 5.32 Å². The fraction of sp³-hybridized carbons (Fsp3) is 0.333. The molecule has 1 fully saturated rings. The molecule has 1 N–H and O–H groups in total. The highest BCUT2D eigenvalue weighted by atomic mass is 32.2. The highest BCUT2D eigenvalue weighted by molar-refractivity contribution is 7.89. The van der Waals surface area contributed by atoms with Gasteiger partial charge < -0.3 is 9.73 Å². The summed E-state index contributed by atoms with van der Waals surface area (Å²) in [5.41, 5.74) is 0.415. The van der Waals surface area contributed by atoms with E-state index in [1.54, 1.807) is 19.1 Å². The van der Waals surface area contributed by atoms with Crippen molar-refractivity contribution in [1.29, 1.82) is 5.26 Å². The first kappa shape index (κ1) is 18.2. The van der Waals surface area contributed by atoms with Gasteiger partial charge in [0.2, 0.25) is 10.0 Å². The van der Waals surface area contributed by atoms with Gasteiger partial charge in [0.15, 0.2) is 5.76 Å². The molecule has 3 rings (SSSR count). The molecule has 0 saturated carbocycles. The minimum atomic E-state index is -3.60. The minimum Gasteiger partial charge on any atom is -0.456 e. The van der Waals surface area contributed by atoms with Crippen molar-refractivity contribution in [2.24, 2.45) is 0 Å². The van der Waals surface area contributed by atoms with E-state index in [2.05, 4.69) is 5.32 Å². The average molecular weight is 373 g/mol. The lowest BCUT2D eigenvalue weighted by Gasteiger charge is -2.31. The number of nitriles is 1. The molecule has 0 spiro atoms. The van der Waals surface area contributed by atoms with Crippen LogP contribution in [-0.4, -0.2) is 37.8 Å². The highest BCUT2D eigenvalue weighted by Gasteiger charge is 2.30. The van der Waals surface area contributed by atoms with Gasteiger partial charge in [-0.05, 0) is 56.2 Å². The van der Waals surface area contributed by atoms with Crippen LogP contribution in [-0.2, 0) is 10.0 Å². The Bertz CT molecular complexity index is 934. The largest absolute Gasteiger partial charge is 0.456 e. The third kappa shape index (κ3) is 3.79. The molecule has 7 nitrogen and oxygen atoms in total. The van der Waals surface area contributed by atoms with E-state index in [0.29, 0.717) is 37.3 Å². The summed E-state index contributed by atoms with van der Waals surface area (Å²) < 4.78 is 32.1. The summed E-state index contributed by atoms with van der Waals surface area (Å²) in [5.74, 6) is 0.639. The number of rotatable bonds is 4. The lowest BCUT2D eigenvalue weighted by molar-refractivity contribution is 0.0894. The molecule has 1 aromatic heterocycles. The second kappa shape index (κ2) is 7.32. The monoisotopic (exact) mass is 373 g/mol. The number of amides is 1. The van der Waals surface area contributed by atoms with Gasteiger partial charge in [-0.3, -0.25) is 4.79 Å². The maximum absolute atomic E-state index is 12.7. The van der Waals surface area contributed by atoms with E-state index in [1.807, 2.05) is 6.07 Å². The first-order valence-corrected chi connectivity index (χ1v) is 9.72. The number of nitrogens with zero attached hydrogens (tertiary/aromatic N) is 2. The summed E-state index contributed by atoms with van der Waals surface area (Å²) in [4.78, 5) is 12.3. The Balaban J connectivity index is 1.60. The van der Waals surface area contributed by atoms with Crippen molar-refractivity contribution in [3.63, 3.8) is 0 Å². The number of hydrogen-bond donors (Lipinski definition) is 1. The number of piperidine rings is 1. The Morgan fingerprint density at radius 3 is 2.38 bits per heavy atom. The van der Waals surface area contributed by atoms with Gasteiger partial charge >= 0.3 is 0 Å². The van der Waals surface area contributed by atoms with Crippen molar-refractivity contribution in [3.05, 3.63) is 53.5 Å². The van der Waals surface area contributed by atoms with E-state index < -0.39 is 10.0 Å². The Morgan fingerprint density at radius 1 is 1.19 bits per heavy atom. The summed E-state index contributed by atoms with van der Waals surface area (Å²) >= 11 is 0. The summed E-state index contributed by atoms with van der Waals surface area (Å²) in [6.45, 7) is 2.41. The lowest BCUT2D eigenvalue weighted by atomic mass is 10.1. The second-order valence-corrected chi connectivity index (χ2v) is 8.14. The fourth-order valence-corrected chi connectivity index (χ4v) is 4.37. The number of benzene rings is 1. The molecule has 0 atom stereocenters. The van der Waals surface area contributed by atoms with Gasteiger partial charge in [0.05, 0.1) is 16.5 Å². The Hall–Kier alpha value is -2.63. The van der Waals surface area contributed by atoms with Crippen LogP contribution in [0.5, 0.6) is 0 Å². The highest BCUT2D eigenvalue weighted by Crippen LogP contribution is 2.21. The minimum absolute atomic E-state index is 0.0969. The molecule has 0 radical (unpaired) electrons. The van der Waals surface area contributed by atoms with Crippen LogP contribution in [0, 0.1) is 18.3 Å². The van der Waals surface area contributed by atoms with Gasteiger partial charge in [-0.2, -0.15) is 9.57 Å². The molecule has 1 saturated heterocycles. The molecule has 8 heteroatoms. The Kier molecular flexibility index (Phi) is 5.11. The molecule has 1 amide bonds. The zero-order valence-corrected chi connectivity index (χ0v) is 15.1. The Labute approximate surface area is 152 Å². The van der Waals surface area contributed by atoms with Crippen molar-refractivity contribution in [1.82, 2.24) is 9.62 Å². The zero-order chi connectivity index (χ0) is 18.7. The predicted molar refractivity (Wildman–Crippen MR) is 93.8 cm³/mol. The van der Waals surface area contributed by atoms with Crippen molar-refractivity contribution in [3.8, 4) is 6.07 Å². The fourth-order valence-electron chi connectivity index (χ4n) is 2.90. The summed E-state index contributed by atoms with van der Waals surface area (Å²) in [6, 6.07) is 11.1. The van der Waals surface area contributed by atoms with E-state index in [9.17, 15) is 13.2 Å². The van der Waals surface area contributed by atoms with Crippen LogP contribution in [0.25, 0.3) is 0 Å². The van der Waals surface area contributed by atoms with Crippen LogP contribution in [0.15, 0.2) is 45.7 Å². The summed E-state index contributed by atoms with van der Waals surface area (Å²) in [6.07, 6.45) is 1.06. The standard InChI is InChI=1S/C18H19N3O4S/c1-13-2-7-17(25-13)18(22)20-15-8-10-21(11-9-15)26(23,24)16-5-3-14(12-19)4-6-16/h2-7,15H,8-11H2,1H3,(H,20,22). The third-order valence-electron chi connectivity index (χ3n) is 4.37. The van der Waals surface area contributed by atoms with E-state index in [-0.39, 0.29) is 22.6 Å². The van der Waals surface area contributed by atoms with Gasteiger partial charge in [-0.1, -0.05) is 0 Å². The van der Waals surface area contributed by atoms with Crippen LogP contribution in [0.2, 0.25) is 0 Å². The van der Waals surface area contributed by atoms with E-state index in [4.69, 9.17) is 9.68 Å². The van der Waals surface area contributed by atoms with Crippen LogP contribution in [0.4, 0.5) is 0 Å². The molecular formula is C18H19N3O4S. The Morgan fingerprint density at radius 2 is 1.85 bits per heavy atom. The van der Waals surface area contributed by atoms with E-state index >= 15 is 0 Å². The van der Waals surface area contributed by atoms with Gasteiger partial charge in [-0.25, -0.2) is 8.42 Å². The molecule has 136 valence electrons. The molecule has 2 aromatic rings. The smallest absolute Gasteiger partial charge is 0.287 e. The lowest BCUT2D eigenvalue weighted by Crippen LogP contribution is -2.46. The quantitative estimate of drug-likeness (QED) is 0.883. The van der Waals surface area contributed by atoms with Gasteiger partial charge in [0.1, 0.15) is 5.76 Å². The van der Waals surface area contributed by atoms with Gasteiger partial charge in [0, 0.05) is 19.1 Å². The van der Waals surface area contributed by atoms with Crippen LogP contribution in [0.1, 0.15) is 34.7 Å². The van der Waals surface area contributed by atoms with Crippen LogP contribution >= 0.6 is 0 Å². The first-order chi connectivity index (χ1) is 12.4. The number of aryl methyl sites for hydroxylation is 1. The number of carbonyl (C=O) groups is 1. The molecule has 0 bridgehead atoms. The second-order valence-electron chi connectivity index (χ2n) is 6.20. The molecule has 26 heavy (non-hydrogen) atoms. The van der Waals surface area contributed by atoms with Crippen LogP contribution in [0.3, 0.4) is 0 Å². The van der Waals surface area contributed by atoms with E-state index in [1.165, 1.54) is 28.6 Å². The van der Waals surface area contributed by atoms with Crippen molar-refractivity contribution in [2.45, 2.75) is 30.7 Å². The first-order valence-electron chi connectivity index (χ1n) is 8.28. The van der Waals surface area contributed by atoms with Gasteiger partial charge in [0.25, 0.3) is 5.91 Å². The maximum Gasteiger partial charge on any atom is 0.287 e. The third-order valence-corrected chi connectivity index (χ3v) is 6.29. The molecule has 1 aromatic carbocycles.